The molecule has 2 atom stereocenters. The predicted octanol–water partition coefficient (Wildman–Crippen LogP) is 2.44. The minimum absolute atomic E-state index is 0.172. The minimum Gasteiger partial charge on any atom is -0.300 e. The average Bonchev–Trinajstić information content (AvgIpc) is 2.70. The zero-order valence-corrected chi connectivity index (χ0v) is 10.3. The Morgan fingerprint density at radius 2 is 2.00 bits per heavy atom. The molecule has 0 N–H and O–H groups in total. The van der Waals surface area contributed by atoms with Gasteiger partial charge < -0.3 is 0 Å². The second-order valence-corrected chi connectivity index (χ2v) is 6.88. The highest BCUT2D eigenvalue weighted by atomic mass is 32.2. The third-order valence-electron chi connectivity index (χ3n) is 4.20. The third-order valence-corrected chi connectivity index (χ3v) is 6.07. The van der Waals surface area contributed by atoms with Gasteiger partial charge in [0.25, 0.3) is 0 Å². The largest absolute Gasteiger partial charge is 0.300 e. The summed E-state index contributed by atoms with van der Waals surface area (Å²) in [6.45, 7) is 1.97. The molecule has 15 heavy (non-hydrogen) atoms. The van der Waals surface area contributed by atoms with Crippen LogP contribution in [0.5, 0.6) is 0 Å². The fourth-order valence-electron chi connectivity index (χ4n) is 3.30. The van der Waals surface area contributed by atoms with E-state index in [4.69, 9.17) is 0 Å². The average molecular weight is 228 g/mol. The molecular weight excluding hydrogens is 208 g/mol. The van der Waals surface area contributed by atoms with Crippen molar-refractivity contribution in [2.45, 2.75) is 57.1 Å². The number of Topliss-reactive ketones (excluding diaryl/α,β-unsaturated/α-hetero) is 1. The topological polar surface area (TPSA) is 34.1 Å². The molecule has 2 rings (SSSR count). The van der Waals surface area contributed by atoms with Crippen molar-refractivity contribution in [2.24, 2.45) is 5.41 Å². The highest BCUT2D eigenvalue weighted by Crippen LogP contribution is 2.50. The monoisotopic (exact) mass is 228 g/mol. The van der Waals surface area contributed by atoms with Crippen LogP contribution in [0.1, 0.15) is 51.9 Å². The van der Waals surface area contributed by atoms with Gasteiger partial charge in [0.05, 0.1) is 0 Å². The Bertz CT molecular complexity index is 279. The minimum atomic E-state index is -0.784. The van der Waals surface area contributed by atoms with E-state index in [9.17, 15) is 9.00 Å². The number of hydrogen-bond donors (Lipinski definition) is 0. The molecule has 0 aromatic rings. The van der Waals surface area contributed by atoms with Crippen LogP contribution in [0.25, 0.3) is 0 Å². The van der Waals surface area contributed by atoms with Crippen LogP contribution in [0.4, 0.5) is 0 Å². The molecule has 0 heterocycles. The molecule has 1 spiro atoms. The maximum absolute atomic E-state index is 12.0. The molecule has 2 aliphatic rings. The van der Waals surface area contributed by atoms with Crippen LogP contribution in [0.15, 0.2) is 0 Å². The van der Waals surface area contributed by atoms with E-state index >= 15 is 0 Å². The SMILES string of the molecule is CCS(=O)C1CC(=O)CCC12CCCC2. The van der Waals surface area contributed by atoms with Crippen molar-refractivity contribution in [1.82, 2.24) is 0 Å². The van der Waals surface area contributed by atoms with Gasteiger partial charge in [-0.1, -0.05) is 19.8 Å². The molecule has 0 radical (unpaired) electrons. The second kappa shape index (κ2) is 4.36. The van der Waals surface area contributed by atoms with E-state index in [0.717, 1.165) is 12.8 Å². The Hall–Kier alpha value is -0.180. The normalized spacial score (nSPS) is 32.1. The first-order valence-electron chi connectivity index (χ1n) is 6.07. The van der Waals surface area contributed by atoms with Crippen molar-refractivity contribution in [3.8, 4) is 0 Å². The smallest absolute Gasteiger partial charge is 0.134 e. The first kappa shape index (κ1) is 11.3. The molecule has 0 amide bonds. The summed E-state index contributed by atoms with van der Waals surface area (Å²) in [7, 11) is -0.784. The summed E-state index contributed by atoms with van der Waals surface area (Å²) in [5, 5.41) is 0.172. The van der Waals surface area contributed by atoms with Crippen molar-refractivity contribution in [3.05, 3.63) is 0 Å². The maximum atomic E-state index is 12.0. The van der Waals surface area contributed by atoms with E-state index in [1.54, 1.807) is 0 Å². The van der Waals surface area contributed by atoms with Crippen LogP contribution in [-0.2, 0) is 15.6 Å². The molecular formula is C12H20O2S. The van der Waals surface area contributed by atoms with Crippen molar-refractivity contribution in [3.63, 3.8) is 0 Å². The molecule has 2 saturated carbocycles. The quantitative estimate of drug-likeness (QED) is 0.727. The van der Waals surface area contributed by atoms with Crippen molar-refractivity contribution >= 4 is 16.6 Å². The van der Waals surface area contributed by atoms with Gasteiger partial charge in [-0.3, -0.25) is 9.00 Å². The lowest BCUT2D eigenvalue weighted by molar-refractivity contribution is -0.122. The standard InChI is InChI=1S/C12H20O2S/c1-2-15(14)11-9-10(13)5-8-12(11)6-3-4-7-12/h11H,2-9H2,1H3. The number of hydrogen-bond acceptors (Lipinski definition) is 2. The van der Waals surface area contributed by atoms with Gasteiger partial charge in [0, 0.05) is 34.6 Å². The number of ketones is 1. The lowest BCUT2D eigenvalue weighted by Gasteiger charge is -2.40. The summed E-state index contributed by atoms with van der Waals surface area (Å²) in [4.78, 5) is 11.5. The van der Waals surface area contributed by atoms with Crippen molar-refractivity contribution in [1.29, 1.82) is 0 Å². The lowest BCUT2D eigenvalue weighted by atomic mass is 9.72. The number of carbonyl (C=O) groups excluding carboxylic acids is 1. The van der Waals surface area contributed by atoms with Crippen LogP contribution < -0.4 is 0 Å². The molecule has 2 fully saturated rings. The van der Waals surface area contributed by atoms with Gasteiger partial charge >= 0.3 is 0 Å². The van der Waals surface area contributed by atoms with Crippen molar-refractivity contribution in [2.75, 3.05) is 5.75 Å². The second-order valence-electron chi connectivity index (χ2n) is 4.97. The highest BCUT2D eigenvalue weighted by molar-refractivity contribution is 7.85. The van der Waals surface area contributed by atoms with Crippen LogP contribution in [-0.4, -0.2) is 21.0 Å². The highest BCUT2D eigenvalue weighted by Gasteiger charge is 2.46. The van der Waals surface area contributed by atoms with E-state index in [1.807, 2.05) is 6.92 Å². The Morgan fingerprint density at radius 1 is 1.33 bits per heavy atom. The molecule has 0 aromatic heterocycles. The summed E-state index contributed by atoms with van der Waals surface area (Å²) in [5.41, 5.74) is 0.273. The van der Waals surface area contributed by atoms with Gasteiger partial charge in [0.1, 0.15) is 5.78 Å². The molecule has 0 aliphatic heterocycles. The first-order chi connectivity index (χ1) is 7.18. The zero-order valence-electron chi connectivity index (χ0n) is 9.46. The molecule has 2 aliphatic carbocycles. The summed E-state index contributed by atoms with van der Waals surface area (Å²) < 4.78 is 12.0. The Kier molecular flexibility index (Phi) is 3.29. The Labute approximate surface area is 94.3 Å². The van der Waals surface area contributed by atoms with E-state index < -0.39 is 10.8 Å². The van der Waals surface area contributed by atoms with Gasteiger partial charge in [0.15, 0.2) is 0 Å². The Morgan fingerprint density at radius 3 is 2.60 bits per heavy atom. The summed E-state index contributed by atoms with van der Waals surface area (Å²) in [6, 6.07) is 0. The van der Waals surface area contributed by atoms with Crippen LogP contribution >= 0.6 is 0 Å². The molecule has 0 bridgehead atoms. The zero-order chi connectivity index (χ0) is 10.9. The van der Waals surface area contributed by atoms with Gasteiger partial charge in [-0.15, -0.1) is 0 Å². The van der Waals surface area contributed by atoms with E-state index in [-0.39, 0.29) is 10.7 Å². The molecule has 3 heteroatoms. The lowest BCUT2D eigenvalue weighted by Crippen LogP contribution is -2.42. The maximum Gasteiger partial charge on any atom is 0.134 e. The van der Waals surface area contributed by atoms with E-state index in [2.05, 4.69) is 0 Å². The predicted molar refractivity (Wildman–Crippen MR) is 62.2 cm³/mol. The molecule has 2 nitrogen and oxygen atoms in total. The molecule has 0 aromatic carbocycles. The summed E-state index contributed by atoms with van der Waals surface area (Å²) in [6.07, 6.45) is 7.27. The van der Waals surface area contributed by atoms with Gasteiger partial charge in [-0.2, -0.15) is 0 Å². The fraction of sp³-hybridized carbons (Fsp3) is 0.917. The third kappa shape index (κ3) is 2.03. The van der Waals surface area contributed by atoms with E-state index in [1.165, 1.54) is 25.7 Å². The molecule has 86 valence electrons. The van der Waals surface area contributed by atoms with Gasteiger partial charge in [0.2, 0.25) is 0 Å². The fourth-order valence-corrected chi connectivity index (χ4v) is 4.98. The van der Waals surface area contributed by atoms with Crippen LogP contribution in [0.2, 0.25) is 0 Å². The van der Waals surface area contributed by atoms with Crippen LogP contribution in [0, 0.1) is 5.41 Å². The summed E-state index contributed by atoms with van der Waals surface area (Å²) >= 11 is 0. The van der Waals surface area contributed by atoms with Gasteiger partial charge in [-0.05, 0) is 24.7 Å². The number of rotatable bonds is 2. The number of carbonyl (C=O) groups is 1. The molecule has 2 unspecified atom stereocenters. The van der Waals surface area contributed by atoms with Crippen LogP contribution in [0.3, 0.4) is 0 Å². The Balaban J connectivity index is 2.20. The van der Waals surface area contributed by atoms with E-state index in [0.29, 0.717) is 18.0 Å². The molecule has 0 saturated heterocycles. The van der Waals surface area contributed by atoms with Gasteiger partial charge in [-0.25, -0.2) is 0 Å². The van der Waals surface area contributed by atoms with Crippen molar-refractivity contribution < 1.29 is 9.00 Å². The summed E-state index contributed by atoms with van der Waals surface area (Å²) in [5.74, 6) is 1.04. The first-order valence-corrected chi connectivity index (χ1v) is 7.45.